The van der Waals surface area contributed by atoms with Crippen molar-refractivity contribution in [2.24, 2.45) is 17.8 Å². The summed E-state index contributed by atoms with van der Waals surface area (Å²) in [5.74, 6) is 1.94. The van der Waals surface area contributed by atoms with Crippen molar-refractivity contribution in [2.75, 3.05) is 0 Å². The van der Waals surface area contributed by atoms with Crippen molar-refractivity contribution < 1.29 is 131 Å². The van der Waals surface area contributed by atoms with Gasteiger partial charge in [0.05, 0.1) is 7.85 Å². The quantitative estimate of drug-likeness (QED) is 0.366. The molecule has 96 valence electrons. The fourth-order valence-corrected chi connectivity index (χ4v) is 1.32. The summed E-state index contributed by atoms with van der Waals surface area (Å²) in [6.07, 6.45) is 2.17. The molecule has 0 bridgehead atoms. The van der Waals surface area contributed by atoms with Crippen LogP contribution < -0.4 is 0 Å². The molecule has 0 aromatic rings. The first-order valence-electron chi connectivity index (χ1n) is 5.50. The van der Waals surface area contributed by atoms with E-state index in [1.165, 1.54) is 0 Å². The Morgan fingerprint density at radius 2 is 0.889 bits per heavy atom. The van der Waals surface area contributed by atoms with E-state index in [0.29, 0.717) is 23.6 Å². The summed E-state index contributed by atoms with van der Waals surface area (Å²) in [6.45, 7) is 19.8. The van der Waals surface area contributed by atoms with Gasteiger partial charge in [0.2, 0.25) is 0 Å². The van der Waals surface area contributed by atoms with Gasteiger partial charge in [-0.3, -0.25) is 0 Å². The maximum atomic E-state index is 5.45. The smallest absolute Gasteiger partial charge is 0.0694 e. The second-order valence-electron chi connectivity index (χ2n) is 4.76. The molecule has 0 amide bonds. The van der Waals surface area contributed by atoms with E-state index in [1.807, 2.05) is 6.92 Å². The SMILES string of the molecule is [B]C(C)CC([CH2-])C.[CH2-]C(C)CC([CH2-])C.[Y].[Y].[Y].[Y]. The van der Waals surface area contributed by atoms with Crippen LogP contribution in [-0.4, -0.2) is 7.85 Å². The van der Waals surface area contributed by atoms with Crippen molar-refractivity contribution in [1.82, 2.24) is 0 Å². The average molecular weight is 549 g/mol. The van der Waals surface area contributed by atoms with Crippen LogP contribution in [0.1, 0.15) is 40.5 Å². The first-order chi connectivity index (χ1) is 6.25. The van der Waals surface area contributed by atoms with E-state index in [2.05, 4.69) is 41.5 Å². The van der Waals surface area contributed by atoms with Crippen molar-refractivity contribution >= 4 is 7.85 Å². The molecule has 0 aliphatic rings. The third-order valence-corrected chi connectivity index (χ3v) is 1.58. The van der Waals surface area contributed by atoms with Gasteiger partial charge in [-0.15, -0.1) is 6.42 Å². The Morgan fingerprint density at radius 3 is 0.889 bits per heavy atom. The molecule has 0 rings (SSSR count). The second kappa shape index (κ2) is 26.4. The average Bonchev–Trinajstić information content (AvgIpc) is 1.79. The first-order valence-corrected chi connectivity index (χ1v) is 5.50. The third-order valence-electron chi connectivity index (χ3n) is 1.58. The van der Waals surface area contributed by atoms with Crippen LogP contribution in [0.4, 0.5) is 0 Å². The van der Waals surface area contributed by atoms with E-state index in [1.54, 1.807) is 0 Å². The standard InChI is InChI=1S/C7H14.C6H12B.4Y/c1-6(2)5-7(3)4;1-5(2)4-6(3)7;;;;/h6-7H,1,3,5H2,2,4H3;5-6H,1,4H2,2-3H3;;;;/q-2;-1;;;;. The molecule has 0 aromatic carbocycles. The van der Waals surface area contributed by atoms with Crippen LogP contribution in [-0.2, 0) is 131 Å². The molecule has 0 nitrogen and oxygen atoms in total. The molecule has 4 atom stereocenters. The third kappa shape index (κ3) is 49.9. The van der Waals surface area contributed by atoms with Crippen LogP contribution >= 0.6 is 0 Å². The molecule has 0 fully saturated rings. The Kier molecular flexibility index (Phi) is 56.0. The van der Waals surface area contributed by atoms with Gasteiger partial charge in [-0.1, -0.05) is 39.9 Å². The molecule has 18 heavy (non-hydrogen) atoms. The number of hydrogen-bond acceptors (Lipinski definition) is 0. The van der Waals surface area contributed by atoms with E-state index in [-0.39, 0.29) is 131 Å². The molecule has 0 aromatic heterocycles. The van der Waals surface area contributed by atoms with E-state index >= 15 is 0 Å². The Balaban J connectivity index is -0.0000000327. The van der Waals surface area contributed by atoms with Gasteiger partial charge in [-0.05, 0) is 0 Å². The van der Waals surface area contributed by atoms with Crippen LogP contribution in [0.2, 0.25) is 5.82 Å². The van der Waals surface area contributed by atoms with E-state index in [9.17, 15) is 0 Å². The molecular weight excluding hydrogens is 523 g/mol. The molecule has 0 N–H and O–H groups in total. The predicted molar refractivity (Wildman–Crippen MR) is 68.0 cm³/mol. The summed E-state index contributed by atoms with van der Waals surface area (Å²) < 4.78 is 0. The Hall–Kier alpha value is 4.48. The Bertz CT molecular complexity index is 91.6. The fourth-order valence-electron chi connectivity index (χ4n) is 1.32. The molecule has 5 heteroatoms. The van der Waals surface area contributed by atoms with Crippen molar-refractivity contribution in [3.05, 3.63) is 20.8 Å². The summed E-state index contributed by atoms with van der Waals surface area (Å²) in [5, 5.41) is 0. The number of rotatable bonds is 4. The van der Waals surface area contributed by atoms with Gasteiger partial charge < -0.3 is 20.8 Å². The molecule has 0 heterocycles. The zero-order chi connectivity index (χ0) is 11.7. The second-order valence-corrected chi connectivity index (χ2v) is 4.76. The van der Waals surface area contributed by atoms with E-state index < -0.39 is 0 Å². The van der Waals surface area contributed by atoms with Crippen molar-refractivity contribution in [2.45, 2.75) is 46.4 Å². The topological polar surface area (TPSA) is 0 Å². The molecule has 4 unspecified atom stereocenters. The number of hydrogen-bond donors (Lipinski definition) is 0. The molecular formula is C13H26BY4-3. The summed E-state index contributed by atoms with van der Waals surface area (Å²) in [5.41, 5.74) is 0. The maximum Gasteiger partial charge on any atom is 0.0694 e. The van der Waals surface area contributed by atoms with E-state index in [0.717, 1.165) is 12.8 Å². The minimum Gasteiger partial charge on any atom is -0.341 e. The van der Waals surface area contributed by atoms with Gasteiger partial charge in [0, 0.05) is 131 Å². The van der Waals surface area contributed by atoms with Crippen LogP contribution in [0.15, 0.2) is 0 Å². The fraction of sp³-hybridized carbons (Fsp3) is 0.769. The largest absolute Gasteiger partial charge is 0.341 e. The predicted octanol–water partition coefficient (Wildman–Crippen LogP) is 4.13. The van der Waals surface area contributed by atoms with Crippen molar-refractivity contribution in [3.8, 4) is 0 Å². The van der Waals surface area contributed by atoms with Gasteiger partial charge >= 0.3 is 0 Å². The van der Waals surface area contributed by atoms with Gasteiger partial charge in [0.25, 0.3) is 0 Å². The zero-order valence-corrected chi connectivity index (χ0v) is 24.1. The van der Waals surface area contributed by atoms with Gasteiger partial charge in [0.1, 0.15) is 0 Å². The van der Waals surface area contributed by atoms with Gasteiger partial charge in [-0.25, -0.2) is 0 Å². The Morgan fingerprint density at radius 1 is 0.667 bits per heavy atom. The maximum absolute atomic E-state index is 5.45. The van der Waals surface area contributed by atoms with Crippen molar-refractivity contribution in [1.29, 1.82) is 0 Å². The summed E-state index contributed by atoms with van der Waals surface area (Å²) in [7, 11) is 5.45. The molecule has 0 aliphatic heterocycles. The van der Waals surface area contributed by atoms with Crippen molar-refractivity contribution in [3.63, 3.8) is 0 Å². The Labute approximate surface area is 219 Å². The molecule has 0 saturated carbocycles. The van der Waals surface area contributed by atoms with Gasteiger partial charge in [-0.2, -0.15) is 17.8 Å². The summed E-state index contributed by atoms with van der Waals surface area (Å²) in [4.78, 5) is 0. The monoisotopic (exact) mass is 549 g/mol. The molecule has 0 saturated heterocycles. The minimum atomic E-state index is 0. The van der Waals surface area contributed by atoms with Crippen LogP contribution in [0, 0.1) is 38.5 Å². The first kappa shape index (κ1) is 38.2. The van der Waals surface area contributed by atoms with Crippen LogP contribution in [0.5, 0.6) is 0 Å². The summed E-state index contributed by atoms with van der Waals surface area (Å²) >= 11 is 0. The summed E-state index contributed by atoms with van der Waals surface area (Å²) in [6, 6.07) is 0. The zero-order valence-electron chi connectivity index (χ0n) is 12.7. The van der Waals surface area contributed by atoms with E-state index in [4.69, 9.17) is 7.85 Å². The normalized spacial score (nSPS) is 14.6. The molecule has 0 spiro atoms. The molecule has 0 aliphatic carbocycles. The van der Waals surface area contributed by atoms with Crippen LogP contribution in [0.3, 0.4) is 0 Å². The van der Waals surface area contributed by atoms with Gasteiger partial charge in [0.15, 0.2) is 0 Å². The molecule has 6 radical (unpaired) electrons. The minimum absolute atomic E-state index is 0. The van der Waals surface area contributed by atoms with Crippen LogP contribution in [0.25, 0.3) is 0 Å².